The minimum atomic E-state index is 0.234. The monoisotopic (exact) mass is 192 g/mol. The van der Waals surface area contributed by atoms with Crippen molar-refractivity contribution in [2.45, 2.75) is 6.92 Å². The molecule has 13 heavy (non-hydrogen) atoms. The number of benzene rings is 1. The first-order chi connectivity index (χ1) is 6.27. The second-order valence-corrected chi connectivity index (χ2v) is 3.09. The Morgan fingerprint density at radius 2 is 2.15 bits per heavy atom. The van der Waals surface area contributed by atoms with Gasteiger partial charge in [-0.25, -0.2) is 5.16 Å². The van der Waals surface area contributed by atoms with E-state index in [4.69, 9.17) is 16.7 Å². The van der Waals surface area contributed by atoms with Crippen molar-refractivity contribution < 1.29 is 4.52 Å². The summed E-state index contributed by atoms with van der Waals surface area (Å²) in [5, 5.41) is 2.67. The number of hydrogen-bond donors (Lipinski definition) is 1. The van der Waals surface area contributed by atoms with Crippen molar-refractivity contribution >= 4 is 12.2 Å². The molecule has 0 aliphatic carbocycles. The Balaban J connectivity index is 2.58. The van der Waals surface area contributed by atoms with Crippen LogP contribution in [0, 0.1) is 11.8 Å². The Kier molecular flexibility index (Phi) is 1.98. The molecule has 0 atom stereocenters. The Labute approximate surface area is 80.4 Å². The van der Waals surface area contributed by atoms with Gasteiger partial charge in [-0.1, -0.05) is 24.3 Å². The summed E-state index contributed by atoms with van der Waals surface area (Å²) in [5.41, 5.74) is 2.16. The fourth-order valence-corrected chi connectivity index (χ4v) is 1.32. The van der Waals surface area contributed by atoms with Crippen molar-refractivity contribution in [2.24, 2.45) is 0 Å². The SMILES string of the molecule is Cc1ccccc1-c1nc(=S)o[nH]1. The second-order valence-electron chi connectivity index (χ2n) is 2.75. The van der Waals surface area contributed by atoms with E-state index in [0.717, 1.165) is 11.1 Å². The lowest BCUT2D eigenvalue weighted by Crippen LogP contribution is -1.83. The Bertz CT molecular complexity index is 472. The van der Waals surface area contributed by atoms with E-state index in [9.17, 15) is 0 Å². The molecule has 0 aliphatic heterocycles. The van der Waals surface area contributed by atoms with Crippen molar-refractivity contribution in [2.75, 3.05) is 0 Å². The van der Waals surface area contributed by atoms with Gasteiger partial charge in [0.05, 0.1) is 0 Å². The quantitative estimate of drug-likeness (QED) is 0.706. The van der Waals surface area contributed by atoms with Crippen molar-refractivity contribution in [3.8, 4) is 11.4 Å². The predicted octanol–water partition coefficient (Wildman–Crippen LogP) is 2.71. The van der Waals surface area contributed by atoms with Crippen molar-refractivity contribution in [1.29, 1.82) is 0 Å². The zero-order valence-corrected chi connectivity index (χ0v) is 7.89. The van der Waals surface area contributed by atoms with Crippen LogP contribution in [-0.2, 0) is 0 Å². The van der Waals surface area contributed by atoms with Gasteiger partial charge in [-0.15, -0.1) is 0 Å². The molecule has 0 unspecified atom stereocenters. The second kappa shape index (κ2) is 3.14. The first-order valence-electron chi connectivity index (χ1n) is 3.89. The number of nitrogens with zero attached hydrogens (tertiary/aromatic N) is 1. The van der Waals surface area contributed by atoms with E-state index in [1.807, 2.05) is 31.2 Å². The van der Waals surface area contributed by atoms with Crippen LogP contribution in [0.5, 0.6) is 0 Å². The summed E-state index contributed by atoms with van der Waals surface area (Å²) in [6, 6.07) is 7.92. The summed E-state index contributed by atoms with van der Waals surface area (Å²) >= 11 is 4.77. The first-order valence-corrected chi connectivity index (χ1v) is 4.30. The third-order valence-electron chi connectivity index (χ3n) is 1.84. The van der Waals surface area contributed by atoms with Gasteiger partial charge in [0.25, 0.3) is 0 Å². The molecule has 1 heterocycles. The van der Waals surface area contributed by atoms with Crippen molar-refractivity contribution in [1.82, 2.24) is 10.1 Å². The lowest BCUT2D eigenvalue weighted by Gasteiger charge is -1.98. The molecule has 1 N–H and O–H groups in total. The van der Waals surface area contributed by atoms with Crippen LogP contribution in [0.4, 0.5) is 0 Å². The van der Waals surface area contributed by atoms with Crippen LogP contribution >= 0.6 is 12.2 Å². The Morgan fingerprint density at radius 3 is 2.77 bits per heavy atom. The van der Waals surface area contributed by atoms with Gasteiger partial charge in [-0.05, 0) is 24.7 Å². The van der Waals surface area contributed by atoms with Crippen LogP contribution in [0.1, 0.15) is 5.56 Å². The average molecular weight is 192 g/mol. The highest BCUT2D eigenvalue weighted by Crippen LogP contribution is 2.18. The van der Waals surface area contributed by atoms with E-state index < -0.39 is 0 Å². The number of hydrogen-bond acceptors (Lipinski definition) is 3. The predicted molar refractivity (Wildman–Crippen MR) is 51.9 cm³/mol. The first kappa shape index (κ1) is 8.19. The summed E-state index contributed by atoms with van der Waals surface area (Å²) in [4.78, 5) is 4.27. The molecule has 4 heteroatoms. The van der Waals surface area contributed by atoms with Gasteiger partial charge in [0.1, 0.15) is 0 Å². The number of aromatic nitrogens is 2. The van der Waals surface area contributed by atoms with Gasteiger partial charge in [-0.2, -0.15) is 4.98 Å². The molecule has 66 valence electrons. The van der Waals surface area contributed by atoms with Crippen molar-refractivity contribution in [3.63, 3.8) is 0 Å². The smallest absolute Gasteiger partial charge is 0.314 e. The molecular weight excluding hydrogens is 184 g/mol. The molecule has 2 rings (SSSR count). The van der Waals surface area contributed by atoms with Gasteiger partial charge in [0.15, 0.2) is 5.82 Å². The maximum absolute atomic E-state index is 4.85. The summed E-state index contributed by atoms with van der Waals surface area (Å²) in [6.45, 7) is 2.01. The zero-order chi connectivity index (χ0) is 9.26. The number of aryl methyl sites for hydroxylation is 1. The Morgan fingerprint density at radius 1 is 1.38 bits per heavy atom. The standard InChI is InChI=1S/C9H8N2OS/c1-6-4-2-3-5-7(6)8-10-9(13)12-11-8/h2-5H,1H3,(H,10,11,13). The minimum Gasteiger partial charge on any atom is -0.348 e. The lowest BCUT2D eigenvalue weighted by molar-refractivity contribution is 0.406. The van der Waals surface area contributed by atoms with Gasteiger partial charge >= 0.3 is 4.84 Å². The van der Waals surface area contributed by atoms with Crippen LogP contribution in [0.15, 0.2) is 28.8 Å². The molecule has 0 bridgehead atoms. The maximum atomic E-state index is 4.85. The number of aromatic amines is 1. The van der Waals surface area contributed by atoms with Crippen LogP contribution in [0.2, 0.25) is 0 Å². The topological polar surface area (TPSA) is 41.8 Å². The van der Waals surface area contributed by atoms with E-state index in [0.29, 0.717) is 5.82 Å². The molecule has 1 aromatic heterocycles. The minimum absolute atomic E-state index is 0.234. The van der Waals surface area contributed by atoms with Gasteiger partial charge in [-0.3, -0.25) is 0 Å². The molecule has 3 nitrogen and oxygen atoms in total. The largest absolute Gasteiger partial charge is 0.348 e. The van der Waals surface area contributed by atoms with Crippen molar-refractivity contribution in [3.05, 3.63) is 34.7 Å². The third-order valence-corrected chi connectivity index (χ3v) is 2.01. The van der Waals surface area contributed by atoms with Crippen LogP contribution in [0.25, 0.3) is 11.4 Å². The molecule has 0 radical (unpaired) electrons. The number of rotatable bonds is 1. The molecule has 1 aromatic carbocycles. The summed E-state index contributed by atoms with van der Waals surface area (Å²) in [7, 11) is 0. The van der Waals surface area contributed by atoms with E-state index >= 15 is 0 Å². The Hall–Kier alpha value is -1.42. The molecular formula is C9H8N2OS. The molecule has 0 amide bonds. The lowest BCUT2D eigenvalue weighted by atomic mass is 10.1. The van der Waals surface area contributed by atoms with Crippen LogP contribution in [-0.4, -0.2) is 10.1 Å². The van der Waals surface area contributed by atoms with Crippen LogP contribution < -0.4 is 0 Å². The fraction of sp³-hybridized carbons (Fsp3) is 0.111. The highest BCUT2D eigenvalue weighted by molar-refractivity contribution is 7.71. The number of nitrogens with one attached hydrogen (secondary N) is 1. The highest BCUT2D eigenvalue weighted by atomic mass is 32.1. The summed E-state index contributed by atoms with van der Waals surface area (Å²) < 4.78 is 4.85. The van der Waals surface area contributed by atoms with E-state index in [1.54, 1.807) is 0 Å². The zero-order valence-electron chi connectivity index (χ0n) is 7.07. The molecule has 0 saturated carbocycles. The van der Waals surface area contributed by atoms with E-state index in [-0.39, 0.29) is 4.84 Å². The van der Waals surface area contributed by atoms with Gasteiger partial charge < -0.3 is 4.52 Å². The summed E-state index contributed by atoms with van der Waals surface area (Å²) in [5.74, 6) is 0.683. The molecule has 0 saturated heterocycles. The molecule has 2 aromatic rings. The average Bonchev–Trinajstić information content (AvgIpc) is 2.53. The molecule has 0 spiro atoms. The van der Waals surface area contributed by atoms with E-state index in [1.165, 1.54) is 0 Å². The van der Waals surface area contributed by atoms with Gasteiger partial charge in [0.2, 0.25) is 0 Å². The normalized spacial score (nSPS) is 10.2. The third kappa shape index (κ3) is 1.53. The number of H-pyrrole nitrogens is 1. The fourth-order valence-electron chi connectivity index (χ4n) is 1.18. The summed E-state index contributed by atoms with van der Waals surface area (Å²) in [6.07, 6.45) is 0. The maximum Gasteiger partial charge on any atom is 0.314 e. The van der Waals surface area contributed by atoms with Crippen LogP contribution in [0.3, 0.4) is 0 Å². The molecule has 0 fully saturated rings. The highest BCUT2D eigenvalue weighted by Gasteiger charge is 2.03. The molecule has 0 aliphatic rings. The van der Waals surface area contributed by atoms with E-state index in [2.05, 4.69) is 10.1 Å². The van der Waals surface area contributed by atoms with Gasteiger partial charge in [0, 0.05) is 5.56 Å².